The van der Waals surface area contributed by atoms with Crippen LogP contribution >= 0.6 is 11.6 Å². The van der Waals surface area contributed by atoms with Crippen LogP contribution < -0.4 is 5.32 Å². The Bertz CT molecular complexity index is 690. The number of imidazole rings is 1. The molecule has 0 radical (unpaired) electrons. The molecular weight excluding hydrogens is 262 g/mol. The fraction of sp³-hybridized carbons (Fsp3) is 0.154. The highest BCUT2D eigenvalue weighted by Gasteiger charge is 2.12. The van der Waals surface area contributed by atoms with Gasteiger partial charge in [0.05, 0.1) is 0 Å². The minimum absolute atomic E-state index is 0.109. The summed E-state index contributed by atoms with van der Waals surface area (Å²) < 4.78 is 1.55. The van der Waals surface area contributed by atoms with Crippen molar-refractivity contribution >= 4 is 11.6 Å². The molecule has 19 heavy (non-hydrogen) atoms. The monoisotopic (exact) mass is 271 g/mol. The lowest BCUT2D eigenvalue weighted by Gasteiger charge is -2.08. The van der Waals surface area contributed by atoms with E-state index in [0.29, 0.717) is 17.3 Å². The number of nitrogens with zero attached hydrogens (tertiary/aromatic N) is 4. The molecule has 6 heteroatoms. The molecule has 0 spiro atoms. The van der Waals surface area contributed by atoms with E-state index in [1.54, 1.807) is 10.6 Å². The maximum absolute atomic E-state index is 9.08. The van der Waals surface area contributed by atoms with Crippen molar-refractivity contribution < 1.29 is 0 Å². The Balaban J connectivity index is 2.49. The molecule has 1 aromatic heterocycles. The van der Waals surface area contributed by atoms with Gasteiger partial charge in [-0.1, -0.05) is 17.7 Å². The van der Waals surface area contributed by atoms with Crippen molar-refractivity contribution in [3.63, 3.8) is 0 Å². The van der Waals surface area contributed by atoms with Crippen molar-refractivity contribution in [2.75, 3.05) is 7.05 Å². The second-order valence-corrected chi connectivity index (χ2v) is 4.25. The number of benzene rings is 1. The Morgan fingerprint density at radius 2 is 2.16 bits per heavy atom. The topological polar surface area (TPSA) is 77.4 Å². The predicted molar refractivity (Wildman–Crippen MR) is 70.8 cm³/mol. The third-order valence-corrected chi connectivity index (χ3v) is 3.01. The summed E-state index contributed by atoms with van der Waals surface area (Å²) in [4.78, 5) is 3.89. The van der Waals surface area contributed by atoms with Gasteiger partial charge in [-0.15, -0.1) is 0 Å². The van der Waals surface area contributed by atoms with Crippen LogP contribution in [-0.2, 0) is 6.54 Å². The molecule has 0 aliphatic heterocycles. The molecule has 1 aromatic carbocycles. The van der Waals surface area contributed by atoms with E-state index in [-0.39, 0.29) is 11.4 Å². The summed E-state index contributed by atoms with van der Waals surface area (Å²) in [6.07, 6.45) is 1.44. The average Bonchev–Trinajstić information content (AvgIpc) is 2.84. The molecule has 2 rings (SSSR count). The molecule has 0 saturated carbocycles. The summed E-state index contributed by atoms with van der Waals surface area (Å²) in [7, 11) is 1.84. The van der Waals surface area contributed by atoms with E-state index in [2.05, 4.69) is 10.3 Å². The highest BCUT2D eigenvalue weighted by Crippen LogP contribution is 2.22. The van der Waals surface area contributed by atoms with E-state index in [4.69, 9.17) is 22.1 Å². The van der Waals surface area contributed by atoms with Gasteiger partial charge in [-0.3, -0.25) is 4.57 Å². The van der Waals surface area contributed by atoms with Crippen LogP contribution in [0.1, 0.15) is 17.0 Å². The minimum atomic E-state index is 0.109. The van der Waals surface area contributed by atoms with Gasteiger partial charge in [-0.05, 0) is 24.7 Å². The van der Waals surface area contributed by atoms with Crippen LogP contribution in [0.5, 0.6) is 0 Å². The van der Waals surface area contributed by atoms with Crippen LogP contribution in [0.3, 0.4) is 0 Å². The normalized spacial score (nSPS) is 9.89. The van der Waals surface area contributed by atoms with Crippen molar-refractivity contribution in [3.05, 3.63) is 46.5 Å². The van der Waals surface area contributed by atoms with E-state index >= 15 is 0 Å². The van der Waals surface area contributed by atoms with Crippen LogP contribution in [-0.4, -0.2) is 16.6 Å². The lowest BCUT2D eigenvalue weighted by Crippen LogP contribution is -2.06. The zero-order chi connectivity index (χ0) is 13.8. The summed E-state index contributed by atoms with van der Waals surface area (Å²) in [6, 6.07) is 9.32. The summed E-state index contributed by atoms with van der Waals surface area (Å²) in [5, 5.41) is 21.6. The molecular formula is C13H10ClN5. The lowest BCUT2D eigenvalue weighted by atomic mass is 10.2. The highest BCUT2D eigenvalue weighted by molar-refractivity contribution is 6.31. The molecule has 2 aromatic rings. The molecule has 0 amide bonds. The number of nitriles is 2. The van der Waals surface area contributed by atoms with Crippen molar-refractivity contribution in [2.24, 2.45) is 0 Å². The van der Waals surface area contributed by atoms with Crippen LogP contribution in [0.25, 0.3) is 5.69 Å². The van der Waals surface area contributed by atoms with Crippen LogP contribution in [0.4, 0.5) is 0 Å². The molecule has 0 aliphatic carbocycles. The van der Waals surface area contributed by atoms with E-state index in [1.807, 2.05) is 31.3 Å². The second-order valence-electron chi connectivity index (χ2n) is 3.84. The molecule has 0 fully saturated rings. The van der Waals surface area contributed by atoms with Crippen LogP contribution in [0.15, 0.2) is 24.5 Å². The van der Waals surface area contributed by atoms with Gasteiger partial charge >= 0.3 is 0 Å². The van der Waals surface area contributed by atoms with Crippen molar-refractivity contribution in [3.8, 4) is 17.8 Å². The van der Waals surface area contributed by atoms with Gasteiger partial charge in [0.25, 0.3) is 0 Å². The Morgan fingerprint density at radius 1 is 1.37 bits per heavy atom. The third kappa shape index (κ3) is 2.43. The molecule has 0 saturated heterocycles. The van der Waals surface area contributed by atoms with Crippen molar-refractivity contribution in [2.45, 2.75) is 6.54 Å². The largest absolute Gasteiger partial charge is 0.316 e. The fourth-order valence-corrected chi connectivity index (χ4v) is 1.99. The number of aromatic nitrogens is 2. The smallest absolute Gasteiger partial charge is 0.177 e. The van der Waals surface area contributed by atoms with Crippen molar-refractivity contribution in [1.82, 2.24) is 14.9 Å². The molecule has 5 nitrogen and oxygen atoms in total. The standard InChI is InChI=1S/C13H10ClN5/c1-17-7-9-2-3-10(4-11(9)14)19-8-18-12(5-15)13(19)6-16/h2-4,8,17H,7H2,1H3. The number of hydrogen-bond donors (Lipinski definition) is 1. The van der Waals surface area contributed by atoms with Gasteiger partial charge < -0.3 is 5.32 Å². The molecule has 0 aliphatic rings. The van der Waals surface area contributed by atoms with Crippen LogP contribution in [0, 0.1) is 22.7 Å². The molecule has 94 valence electrons. The predicted octanol–water partition coefficient (Wildman–Crippen LogP) is 1.99. The Labute approximate surface area is 115 Å². The van der Waals surface area contributed by atoms with Gasteiger partial charge in [0.1, 0.15) is 18.5 Å². The van der Waals surface area contributed by atoms with Gasteiger partial charge in [0.2, 0.25) is 0 Å². The summed E-state index contributed by atoms with van der Waals surface area (Å²) in [5.74, 6) is 0. The number of hydrogen-bond acceptors (Lipinski definition) is 4. The number of nitrogens with one attached hydrogen (secondary N) is 1. The molecule has 1 N–H and O–H groups in total. The third-order valence-electron chi connectivity index (χ3n) is 2.66. The van der Waals surface area contributed by atoms with Crippen molar-refractivity contribution in [1.29, 1.82) is 10.5 Å². The first-order valence-corrected chi connectivity index (χ1v) is 5.90. The maximum Gasteiger partial charge on any atom is 0.177 e. The van der Waals surface area contributed by atoms with Gasteiger partial charge in [0.15, 0.2) is 11.4 Å². The van der Waals surface area contributed by atoms with E-state index in [0.717, 1.165) is 5.56 Å². The molecule has 1 heterocycles. The Morgan fingerprint density at radius 3 is 2.74 bits per heavy atom. The van der Waals surface area contributed by atoms with Crippen LogP contribution in [0.2, 0.25) is 5.02 Å². The fourth-order valence-electron chi connectivity index (χ4n) is 1.75. The number of rotatable bonds is 3. The lowest BCUT2D eigenvalue weighted by molar-refractivity contribution is 0.817. The highest BCUT2D eigenvalue weighted by atomic mass is 35.5. The summed E-state index contributed by atoms with van der Waals surface area (Å²) in [6.45, 7) is 0.664. The first-order chi connectivity index (χ1) is 9.21. The first-order valence-electron chi connectivity index (χ1n) is 5.52. The van der Waals surface area contributed by atoms with E-state index < -0.39 is 0 Å². The van der Waals surface area contributed by atoms with Gasteiger partial charge in [0, 0.05) is 17.3 Å². The number of halogens is 1. The average molecular weight is 272 g/mol. The zero-order valence-corrected chi connectivity index (χ0v) is 10.9. The molecule has 0 bridgehead atoms. The van der Waals surface area contributed by atoms with Gasteiger partial charge in [-0.2, -0.15) is 10.5 Å². The maximum atomic E-state index is 9.08. The van der Waals surface area contributed by atoms with E-state index in [1.165, 1.54) is 6.33 Å². The van der Waals surface area contributed by atoms with E-state index in [9.17, 15) is 0 Å². The second kappa shape index (κ2) is 5.53. The Hall–Kier alpha value is -2.34. The Kier molecular flexibility index (Phi) is 3.82. The summed E-state index contributed by atoms with van der Waals surface area (Å²) in [5.41, 5.74) is 1.99. The summed E-state index contributed by atoms with van der Waals surface area (Å²) >= 11 is 6.17. The molecule has 0 unspecified atom stereocenters. The molecule has 0 atom stereocenters. The minimum Gasteiger partial charge on any atom is -0.316 e. The SMILES string of the molecule is CNCc1ccc(-n2cnc(C#N)c2C#N)cc1Cl. The van der Waals surface area contributed by atoms with Gasteiger partial charge in [-0.25, -0.2) is 4.98 Å². The first kappa shape index (κ1) is 13.1. The quantitative estimate of drug-likeness (QED) is 0.926. The zero-order valence-electron chi connectivity index (χ0n) is 10.2.